The van der Waals surface area contributed by atoms with Crippen molar-refractivity contribution in [3.63, 3.8) is 0 Å². The lowest BCUT2D eigenvalue weighted by Gasteiger charge is -2.18. The smallest absolute Gasteiger partial charge is 0.246 e. The number of hydrogen-bond donors (Lipinski definition) is 1. The Morgan fingerprint density at radius 2 is 1.57 bits per heavy atom. The maximum Gasteiger partial charge on any atom is 0.246 e. The van der Waals surface area contributed by atoms with Crippen LogP contribution in [0, 0.1) is 0 Å². The second-order valence-electron chi connectivity index (χ2n) is 4.68. The van der Waals surface area contributed by atoms with Gasteiger partial charge in [0.2, 0.25) is 10.0 Å². The molecule has 2 rings (SSSR count). The first-order valence-electron chi connectivity index (χ1n) is 6.11. The first kappa shape index (κ1) is 16.8. The molecule has 9 heteroatoms. The van der Waals surface area contributed by atoms with Crippen molar-refractivity contribution in [2.75, 3.05) is 33.0 Å². The van der Waals surface area contributed by atoms with Gasteiger partial charge in [-0.3, -0.25) is 0 Å². The van der Waals surface area contributed by atoms with E-state index in [-0.39, 0.29) is 40.2 Å². The lowest BCUT2D eigenvalue weighted by atomic mass is 10.3. The Balaban J connectivity index is 2.40. The molecule has 0 aromatic heterocycles. The predicted molar refractivity (Wildman–Crippen MR) is 81.2 cm³/mol. The number of ether oxygens (including phenoxy) is 2. The van der Waals surface area contributed by atoms with Crippen LogP contribution in [0.3, 0.4) is 0 Å². The van der Waals surface area contributed by atoms with Crippen molar-refractivity contribution >= 4 is 38.9 Å². The molecule has 2 N–H and O–H groups in total. The molecule has 1 fully saturated rings. The average molecular weight is 355 g/mol. The van der Waals surface area contributed by atoms with E-state index in [9.17, 15) is 8.42 Å². The SMILES string of the molecule is COC1CN(S(=O)(=O)c2c(Cl)cc(N)cc2Cl)CC1OC. The monoisotopic (exact) mass is 354 g/mol. The fourth-order valence-corrected chi connectivity index (χ4v) is 4.96. The van der Waals surface area contributed by atoms with Gasteiger partial charge in [0, 0.05) is 33.0 Å². The van der Waals surface area contributed by atoms with E-state index in [2.05, 4.69) is 0 Å². The largest absolute Gasteiger partial charge is 0.399 e. The van der Waals surface area contributed by atoms with Crippen molar-refractivity contribution in [2.45, 2.75) is 17.1 Å². The van der Waals surface area contributed by atoms with Crippen molar-refractivity contribution in [3.8, 4) is 0 Å². The van der Waals surface area contributed by atoms with Gasteiger partial charge < -0.3 is 15.2 Å². The number of benzene rings is 1. The third kappa shape index (κ3) is 3.13. The molecule has 0 saturated carbocycles. The van der Waals surface area contributed by atoms with Crippen molar-refractivity contribution in [2.24, 2.45) is 0 Å². The van der Waals surface area contributed by atoms with Gasteiger partial charge in [-0.2, -0.15) is 4.31 Å². The number of nitrogens with zero attached hydrogens (tertiary/aromatic N) is 1. The molecular weight excluding hydrogens is 339 g/mol. The number of nitrogen functional groups attached to an aromatic ring is 1. The van der Waals surface area contributed by atoms with Gasteiger partial charge >= 0.3 is 0 Å². The first-order chi connectivity index (χ1) is 9.81. The Kier molecular flexibility index (Phi) is 5.02. The summed E-state index contributed by atoms with van der Waals surface area (Å²) >= 11 is 12.0. The molecule has 0 radical (unpaired) electrons. The molecule has 21 heavy (non-hydrogen) atoms. The molecule has 2 atom stereocenters. The number of hydrogen-bond acceptors (Lipinski definition) is 5. The zero-order valence-electron chi connectivity index (χ0n) is 11.5. The van der Waals surface area contributed by atoms with Gasteiger partial charge in [0.05, 0.1) is 22.3 Å². The molecule has 1 aliphatic heterocycles. The highest BCUT2D eigenvalue weighted by Gasteiger charge is 2.41. The Morgan fingerprint density at radius 3 is 1.95 bits per heavy atom. The van der Waals surface area contributed by atoms with Gasteiger partial charge in [-0.05, 0) is 12.1 Å². The van der Waals surface area contributed by atoms with E-state index in [4.69, 9.17) is 38.4 Å². The van der Waals surface area contributed by atoms with Gasteiger partial charge in [-0.1, -0.05) is 23.2 Å². The standard InChI is InChI=1S/C12H16Cl2N2O4S/c1-19-10-5-16(6-11(10)20-2)21(17,18)12-8(13)3-7(15)4-9(12)14/h3-4,10-11H,5-6,15H2,1-2H3. The Labute approximate surface area is 133 Å². The molecule has 1 aliphatic rings. The summed E-state index contributed by atoms with van der Waals surface area (Å²) in [5, 5.41) is -0.00957. The third-order valence-electron chi connectivity index (χ3n) is 3.41. The van der Waals surface area contributed by atoms with E-state index in [1.165, 1.54) is 30.7 Å². The molecule has 1 aromatic carbocycles. The lowest BCUT2D eigenvalue weighted by Crippen LogP contribution is -2.30. The van der Waals surface area contributed by atoms with Crippen LogP contribution in [0.5, 0.6) is 0 Å². The number of nitrogens with two attached hydrogens (primary N) is 1. The fraction of sp³-hybridized carbons (Fsp3) is 0.500. The number of halogens is 2. The van der Waals surface area contributed by atoms with Crippen LogP contribution in [0.15, 0.2) is 17.0 Å². The Morgan fingerprint density at radius 1 is 1.14 bits per heavy atom. The van der Waals surface area contributed by atoms with Gasteiger partial charge in [-0.25, -0.2) is 8.42 Å². The van der Waals surface area contributed by atoms with E-state index in [0.29, 0.717) is 5.69 Å². The molecule has 118 valence electrons. The van der Waals surface area contributed by atoms with Gasteiger partial charge in [0.25, 0.3) is 0 Å². The van der Waals surface area contributed by atoms with Crippen LogP contribution in [0.4, 0.5) is 5.69 Å². The quantitative estimate of drug-likeness (QED) is 0.830. The Bertz CT molecular complexity index is 603. The van der Waals surface area contributed by atoms with Crippen molar-refractivity contribution in [3.05, 3.63) is 22.2 Å². The van der Waals surface area contributed by atoms with Gasteiger partial charge in [0.15, 0.2) is 0 Å². The van der Waals surface area contributed by atoms with Crippen LogP contribution in [0.1, 0.15) is 0 Å². The molecule has 1 aromatic rings. The second-order valence-corrected chi connectivity index (χ2v) is 7.37. The minimum atomic E-state index is -3.85. The summed E-state index contributed by atoms with van der Waals surface area (Å²) in [6.07, 6.45) is -0.674. The minimum absolute atomic E-state index is 0.00478. The highest BCUT2D eigenvalue weighted by molar-refractivity contribution is 7.89. The summed E-state index contributed by atoms with van der Waals surface area (Å²) in [5.74, 6) is 0. The van der Waals surface area contributed by atoms with E-state index in [0.717, 1.165) is 0 Å². The molecule has 1 saturated heterocycles. The van der Waals surface area contributed by atoms with Crippen LogP contribution >= 0.6 is 23.2 Å². The summed E-state index contributed by atoms with van der Waals surface area (Å²) in [5.41, 5.74) is 5.90. The van der Waals surface area contributed by atoms with Crippen LogP contribution in [0.25, 0.3) is 0 Å². The molecule has 0 aliphatic carbocycles. The molecular formula is C12H16Cl2N2O4S. The van der Waals surface area contributed by atoms with Gasteiger partial charge in [0.1, 0.15) is 4.90 Å². The third-order valence-corrected chi connectivity index (χ3v) is 6.16. The zero-order valence-corrected chi connectivity index (χ0v) is 13.9. The minimum Gasteiger partial charge on any atom is -0.399 e. The molecule has 6 nitrogen and oxygen atoms in total. The summed E-state index contributed by atoms with van der Waals surface area (Å²) in [4.78, 5) is -0.147. The fourth-order valence-electron chi connectivity index (χ4n) is 2.31. The normalized spacial score (nSPS) is 23.6. The van der Waals surface area contributed by atoms with Crippen LogP contribution in [-0.4, -0.2) is 52.2 Å². The summed E-state index contributed by atoms with van der Waals surface area (Å²) < 4.78 is 37.2. The highest BCUT2D eigenvalue weighted by Crippen LogP contribution is 2.35. The summed E-state index contributed by atoms with van der Waals surface area (Å²) in [7, 11) is -0.829. The number of sulfonamides is 1. The van der Waals surface area contributed by atoms with Crippen LogP contribution in [0.2, 0.25) is 10.0 Å². The summed E-state index contributed by atoms with van der Waals surface area (Å²) in [6.45, 7) is 0.350. The molecule has 0 spiro atoms. The van der Waals surface area contributed by atoms with E-state index >= 15 is 0 Å². The molecule has 2 unspecified atom stereocenters. The second kappa shape index (κ2) is 6.28. The van der Waals surface area contributed by atoms with E-state index in [1.807, 2.05) is 0 Å². The van der Waals surface area contributed by atoms with E-state index < -0.39 is 10.0 Å². The first-order valence-corrected chi connectivity index (χ1v) is 8.31. The van der Waals surface area contributed by atoms with Crippen LogP contribution < -0.4 is 5.73 Å². The van der Waals surface area contributed by atoms with Crippen molar-refractivity contribution in [1.29, 1.82) is 0 Å². The number of anilines is 1. The molecule has 0 bridgehead atoms. The number of rotatable bonds is 4. The zero-order chi connectivity index (χ0) is 15.8. The van der Waals surface area contributed by atoms with E-state index in [1.54, 1.807) is 0 Å². The highest BCUT2D eigenvalue weighted by atomic mass is 35.5. The lowest BCUT2D eigenvalue weighted by molar-refractivity contribution is -0.00461. The van der Waals surface area contributed by atoms with Crippen molar-refractivity contribution in [1.82, 2.24) is 4.31 Å². The summed E-state index contributed by atoms with van der Waals surface area (Å²) in [6, 6.07) is 2.72. The average Bonchev–Trinajstić information content (AvgIpc) is 2.80. The van der Waals surface area contributed by atoms with Crippen molar-refractivity contribution < 1.29 is 17.9 Å². The molecule has 0 amide bonds. The van der Waals surface area contributed by atoms with Gasteiger partial charge in [-0.15, -0.1) is 0 Å². The maximum atomic E-state index is 12.7. The maximum absolute atomic E-state index is 12.7. The topological polar surface area (TPSA) is 81.9 Å². The predicted octanol–water partition coefficient (Wildman–Crippen LogP) is 1.61. The van der Waals surface area contributed by atoms with Crippen LogP contribution in [-0.2, 0) is 19.5 Å². The molecule has 1 heterocycles. The number of methoxy groups -OCH3 is 2. The Hall–Kier alpha value is -0.570.